The topological polar surface area (TPSA) is 93.0 Å². The summed E-state index contributed by atoms with van der Waals surface area (Å²) >= 11 is 0. The van der Waals surface area contributed by atoms with Crippen molar-refractivity contribution in [2.24, 2.45) is 11.8 Å². The van der Waals surface area contributed by atoms with Gasteiger partial charge in [-0.3, -0.25) is 9.59 Å². The number of rotatable bonds is 6. The van der Waals surface area contributed by atoms with E-state index in [9.17, 15) is 9.59 Å². The molecule has 1 N–H and O–H groups in total. The summed E-state index contributed by atoms with van der Waals surface area (Å²) in [6, 6.07) is 3.72. The summed E-state index contributed by atoms with van der Waals surface area (Å²) in [6.45, 7) is 1.76. The Morgan fingerprint density at radius 3 is 2.88 bits per heavy atom. The van der Waals surface area contributed by atoms with E-state index in [-0.39, 0.29) is 17.7 Å². The molecule has 2 fully saturated rings. The molecular weight excluding hydrogens is 320 g/mol. The van der Waals surface area contributed by atoms with Gasteiger partial charge in [0, 0.05) is 32.3 Å². The minimum absolute atomic E-state index is 0.0630. The highest BCUT2D eigenvalue weighted by Gasteiger charge is 2.36. The lowest BCUT2D eigenvalue weighted by Crippen LogP contribution is -2.33. The van der Waals surface area contributed by atoms with Crippen LogP contribution in [0.3, 0.4) is 0 Å². The zero-order chi connectivity index (χ0) is 17.2. The van der Waals surface area contributed by atoms with E-state index in [1.165, 1.54) is 19.2 Å². The van der Waals surface area contributed by atoms with Crippen LogP contribution in [-0.2, 0) is 16.1 Å². The minimum atomic E-state index is -0.242. The molecule has 4 rings (SSSR count). The van der Waals surface area contributed by atoms with Gasteiger partial charge >= 0.3 is 0 Å². The van der Waals surface area contributed by atoms with Gasteiger partial charge in [-0.1, -0.05) is 6.07 Å². The van der Waals surface area contributed by atoms with Crippen molar-refractivity contribution in [1.82, 2.24) is 30.0 Å². The molecule has 2 aromatic heterocycles. The number of carbonyl (C=O) groups is 2. The number of hydrogen-bond acceptors (Lipinski definition) is 5. The van der Waals surface area contributed by atoms with E-state index in [0.717, 1.165) is 12.1 Å². The quantitative estimate of drug-likeness (QED) is 0.828. The highest BCUT2D eigenvalue weighted by Crippen LogP contribution is 2.32. The Kier molecular flexibility index (Phi) is 4.17. The van der Waals surface area contributed by atoms with Gasteiger partial charge in [0.1, 0.15) is 12.7 Å². The summed E-state index contributed by atoms with van der Waals surface area (Å²) < 4.78 is 1.57. The third-order valence-corrected chi connectivity index (χ3v) is 4.69. The summed E-state index contributed by atoms with van der Waals surface area (Å²) in [5.41, 5.74) is 0.899. The third kappa shape index (κ3) is 3.67. The first-order valence-electron chi connectivity index (χ1n) is 8.54. The number of nitrogens with one attached hydrogen (secondary N) is 1. The molecule has 1 saturated carbocycles. The first-order chi connectivity index (χ1) is 12.2. The van der Waals surface area contributed by atoms with Gasteiger partial charge in [0.05, 0.1) is 5.92 Å². The Hall–Kier alpha value is -2.77. The first-order valence-corrected chi connectivity index (χ1v) is 8.54. The molecule has 0 unspecified atom stereocenters. The van der Waals surface area contributed by atoms with Crippen molar-refractivity contribution in [3.05, 3.63) is 36.5 Å². The molecule has 8 heteroatoms. The molecule has 130 valence electrons. The van der Waals surface area contributed by atoms with E-state index >= 15 is 0 Å². The van der Waals surface area contributed by atoms with E-state index in [1.54, 1.807) is 17.2 Å². The van der Waals surface area contributed by atoms with Gasteiger partial charge < -0.3 is 10.2 Å². The van der Waals surface area contributed by atoms with Crippen LogP contribution in [0.25, 0.3) is 5.82 Å². The number of carbonyl (C=O) groups excluding carboxylic acids is 2. The number of aromatic nitrogens is 4. The molecule has 2 amide bonds. The fourth-order valence-electron chi connectivity index (χ4n) is 3.05. The molecule has 1 atom stereocenters. The number of hydrogen-bond donors (Lipinski definition) is 1. The molecule has 2 aliphatic rings. The van der Waals surface area contributed by atoms with E-state index in [0.29, 0.717) is 31.2 Å². The predicted octanol–water partition coefficient (Wildman–Crippen LogP) is 0.537. The van der Waals surface area contributed by atoms with Crippen LogP contribution in [0, 0.1) is 11.8 Å². The standard InChI is InChI=1S/C17H20N6O2/c24-16-5-14(9-22(16)8-12-1-2-12)17(25)20-7-13-3-4-15(19-6-13)23-11-18-10-21-23/h3-4,6,10-12,14H,1-2,5,7-9H2,(H,20,25)/t14-/m0/s1. The summed E-state index contributed by atoms with van der Waals surface area (Å²) in [7, 11) is 0. The van der Waals surface area contributed by atoms with Crippen LogP contribution >= 0.6 is 0 Å². The van der Waals surface area contributed by atoms with Gasteiger partial charge in [-0.15, -0.1) is 0 Å². The van der Waals surface area contributed by atoms with Crippen molar-refractivity contribution in [3.8, 4) is 5.82 Å². The van der Waals surface area contributed by atoms with E-state index in [2.05, 4.69) is 20.4 Å². The predicted molar refractivity (Wildman–Crippen MR) is 88.4 cm³/mol. The summed E-state index contributed by atoms with van der Waals surface area (Å²) in [5, 5.41) is 6.93. The van der Waals surface area contributed by atoms with Crippen LogP contribution in [0.4, 0.5) is 0 Å². The fourth-order valence-corrected chi connectivity index (χ4v) is 3.05. The molecule has 1 aliphatic carbocycles. The molecule has 3 heterocycles. The van der Waals surface area contributed by atoms with Crippen molar-refractivity contribution >= 4 is 11.8 Å². The van der Waals surface area contributed by atoms with E-state index < -0.39 is 0 Å². The second-order valence-electron chi connectivity index (χ2n) is 6.73. The zero-order valence-electron chi connectivity index (χ0n) is 13.8. The van der Waals surface area contributed by atoms with E-state index in [4.69, 9.17) is 0 Å². The highest BCUT2D eigenvalue weighted by molar-refractivity contribution is 5.89. The number of amides is 2. The second kappa shape index (κ2) is 6.62. The smallest absolute Gasteiger partial charge is 0.225 e. The summed E-state index contributed by atoms with van der Waals surface area (Å²) in [5.74, 6) is 1.12. The monoisotopic (exact) mass is 340 g/mol. The Morgan fingerprint density at radius 2 is 2.20 bits per heavy atom. The number of pyridine rings is 1. The SMILES string of the molecule is O=C(NCc1ccc(-n2cncn2)nc1)[C@H]1CC(=O)N(CC2CC2)C1. The molecule has 0 bridgehead atoms. The molecule has 0 aromatic carbocycles. The highest BCUT2D eigenvalue weighted by atomic mass is 16.2. The molecule has 0 spiro atoms. The van der Waals surface area contributed by atoms with Gasteiger partial charge in [-0.25, -0.2) is 14.6 Å². The third-order valence-electron chi connectivity index (χ3n) is 4.69. The number of nitrogens with zero attached hydrogens (tertiary/aromatic N) is 5. The lowest BCUT2D eigenvalue weighted by Gasteiger charge is -2.16. The zero-order valence-corrected chi connectivity index (χ0v) is 13.8. The van der Waals surface area contributed by atoms with Crippen molar-refractivity contribution in [3.63, 3.8) is 0 Å². The molecule has 0 radical (unpaired) electrons. The molecule has 1 aliphatic heterocycles. The molecule has 1 saturated heterocycles. The van der Waals surface area contributed by atoms with Crippen LogP contribution in [0.15, 0.2) is 31.0 Å². The van der Waals surface area contributed by atoms with Crippen molar-refractivity contribution in [2.45, 2.75) is 25.8 Å². The number of likely N-dealkylation sites (tertiary alicyclic amines) is 1. The van der Waals surface area contributed by atoms with Crippen LogP contribution in [0.1, 0.15) is 24.8 Å². The maximum Gasteiger partial charge on any atom is 0.225 e. The Bertz CT molecular complexity index is 754. The normalized spacial score (nSPS) is 20.1. The fraction of sp³-hybridized carbons (Fsp3) is 0.471. The van der Waals surface area contributed by atoms with Crippen LogP contribution in [0.5, 0.6) is 0 Å². The first kappa shape index (κ1) is 15.7. The average molecular weight is 340 g/mol. The molecule has 25 heavy (non-hydrogen) atoms. The minimum Gasteiger partial charge on any atom is -0.352 e. The van der Waals surface area contributed by atoms with Crippen LogP contribution < -0.4 is 5.32 Å². The van der Waals surface area contributed by atoms with Gasteiger partial charge in [-0.05, 0) is 30.4 Å². The van der Waals surface area contributed by atoms with Crippen molar-refractivity contribution in [1.29, 1.82) is 0 Å². The van der Waals surface area contributed by atoms with Gasteiger partial charge in [0.15, 0.2) is 5.82 Å². The summed E-state index contributed by atoms with van der Waals surface area (Å²) in [4.78, 5) is 34.4. The Morgan fingerprint density at radius 1 is 1.32 bits per heavy atom. The van der Waals surface area contributed by atoms with Crippen LogP contribution in [0.2, 0.25) is 0 Å². The van der Waals surface area contributed by atoms with Gasteiger partial charge in [0.2, 0.25) is 11.8 Å². The Balaban J connectivity index is 1.29. The van der Waals surface area contributed by atoms with Crippen LogP contribution in [-0.4, -0.2) is 49.6 Å². The van der Waals surface area contributed by atoms with Gasteiger partial charge in [0.25, 0.3) is 0 Å². The van der Waals surface area contributed by atoms with E-state index in [1.807, 2.05) is 17.0 Å². The average Bonchev–Trinajstić information content (AvgIpc) is 3.13. The van der Waals surface area contributed by atoms with Gasteiger partial charge in [-0.2, -0.15) is 5.10 Å². The lowest BCUT2D eigenvalue weighted by molar-refractivity contribution is -0.129. The molecule has 2 aromatic rings. The molecular formula is C17H20N6O2. The lowest BCUT2D eigenvalue weighted by atomic mass is 10.1. The van der Waals surface area contributed by atoms with Crippen molar-refractivity contribution in [2.75, 3.05) is 13.1 Å². The second-order valence-corrected chi connectivity index (χ2v) is 6.73. The largest absolute Gasteiger partial charge is 0.352 e. The molecule has 8 nitrogen and oxygen atoms in total. The maximum absolute atomic E-state index is 12.3. The summed E-state index contributed by atoms with van der Waals surface area (Å²) in [6.07, 6.45) is 7.47. The van der Waals surface area contributed by atoms with Crippen molar-refractivity contribution < 1.29 is 9.59 Å². The maximum atomic E-state index is 12.3. The Labute approximate surface area is 145 Å².